The third-order valence-corrected chi connectivity index (χ3v) is 7.69. The molecule has 1 aliphatic heterocycles. The smallest absolute Gasteiger partial charge is 0.416 e. The minimum Gasteiger partial charge on any atom is -0.496 e. The molecule has 6 nitrogen and oxygen atoms in total. The van der Waals surface area contributed by atoms with Crippen LogP contribution in [0.15, 0.2) is 66.7 Å². The van der Waals surface area contributed by atoms with Crippen LogP contribution in [0.25, 0.3) is 11.1 Å². The van der Waals surface area contributed by atoms with Gasteiger partial charge in [-0.15, -0.1) is 0 Å². The molecular weight excluding hydrogens is 521 g/mol. The summed E-state index contributed by atoms with van der Waals surface area (Å²) in [5.41, 5.74) is 4.37. The van der Waals surface area contributed by atoms with E-state index < -0.39 is 17.8 Å². The maximum absolute atomic E-state index is 13.0. The highest BCUT2D eigenvalue weighted by Gasteiger charge is 2.33. The van der Waals surface area contributed by atoms with Gasteiger partial charge in [0.15, 0.2) is 0 Å². The summed E-state index contributed by atoms with van der Waals surface area (Å²) in [6.45, 7) is 1.23. The number of piperidine rings is 1. The van der Waals surface area contributed by atoms with Crippen molar-refractivity contribution in [1.82, 2.24) is 10.2 Å². The maximum Gasteiger partial charge on any atom is 0.416 e. The normalized spacial score (nSPS) is 16.7. The molecule has 0 radical (unpaired) electrons. The number of ether oxygens (including phenoxy) is 2. The van der Waals surface area contributed by atoms with E-state index in [1.807, 2.05) is 24.3 Å². The number of carbonyl (C=O) groups is 2. The Balaban J connectivity index is 1.14. The van der Waals surface area contributed by atoms with E-state index in [2.05, 4.69) is 29.6 Å². The highest BCUT2D eigenvalue weighted by atomic mass is 19.4. The van der Waals surface area contributed by atoms with Crippen molar-refractivity contribution in [2.24, 2.45) is 5.92 Å². The molecule has 1 N–H and O–H groups in total. The van der Waals surface area contributed by atoms with Crippen LogP contribution in [0.4, 0.5) is 18.0 Å². The Labute approximate surface area is 231 Å². The maximum atomic E-state index is 13.0. The Morgan fingerprint density at radius 1 is 1.00 bits per heavy atom. The first-order chi connectivity index (χ1) is 19.3. The van der Waals surface area contributed by atoms with Crippen LogP contribution in [0, 0.1) is 5.92 Å². The summed E-state index contributed by atoms with van der Waals surface area (Å²) in [4.78, 5) is 27.4. The van der Waals surface area contributed by atoms with E-state index in [4.69, 9.17) is 9.47 Å². The summed E-state index contributed by atoms with van der Waals surface area (Å²) >= 11 is 0. The molecule has 0 saturated carbocycles. The van der Waals surface area contributed by atoms with Crippen molar-refractivity contribution in [3.05, 3.63) is 89.0 Å². The molecule has 0 spiro atoms. The van der Waals surface area contributed by atoms with Crippen molar-refractivity contribution in [2.45, 2.75) is 31.4 Å². The molecule has 1 aliphatic carbocycles. The van der Waals surface area contributed by atoms with Crippen LogP contribution in [0.3, 0.4) is 0 Å². The van der Waals surface area contributed by atoms with Crippen LogP contribution in [0.1, 0.15) is 41.0 Å². The van der Waals surface area contributed by atoms with Crippen LogP contribution >= 0.6 is 0 Å². The predicted octanol–water partition coefficient (Wildman–Crippen LogP) is 6.03. The lowest BCUT2D eigenvalue weighted by Crippen LogP contribution is -2.46. The highest BCUT2D eigenvalue weighted by Crippen LogP contribution is 2.44. The van der Waals surface area contributed by atoms with E-state index in [-0.39, 0.29) is 43.2 Å². The first-order valence-electron chi connectivity index (χ1n) is 13.4. The van der Waals surface area contributed by atoms with Gasteiger partial charge in [0.2, 0.25) is 5.91 Å². The molecule has 2 aliphatic rings. The minimum atomic E-state index is -4.46. The molecule has 0 unspecified atom stereocenters. The first-order valence-corrected chi connectivity index (χ1v) is 13.4. The van der Waals surface area contributed by atoms with Crippen LogP contribution < -0.4 is 10.1 Å². The van der Waals surface area contributed by atoms with E-state index in [0.29, 0.717) is 31.4 Å². The Morgan fingerprint density at radius 3 is 2.33 bits per heavy atom. The molecule has 1 fully saturated rings. The van der Waals surface area contributed by atoms with Crippen molar-refractivity contribution < 1.29 is 32.2 Å². The number of likely N-dealkylation sites (tertiary alicyclic amines) is 1. The number of hydrogen-bond acceptors (Lipinski definition) is 4. The second kappa shape index (κ2) is 11.6. The van der Waals surface area contributed by atoms with Gasteiger partial charge in [-0.05, 0) is 59.2 Å². The number of nitrogens with one attached hydrogen (secondary N) is 1. The van der Waals surface area contributed by atoms with Crippen molar-refractivity contribution >= 4 is 12.0 Å². The molecule has 3 aromatic carbocycles. The van der Waals surface area contributed by atoms with E-state index in [1.54, 1.807) is 4.90 Å². The van der Waals surface area contributed by atoms with E-state index in [0.717, 1.165) is 34.4 Å². The quantitative estimate of drug-likeness (QED) is 0.389. The molecule has 1 saturated heterocycles. The Bertz CT molecular complexity index is 1350. The largest absolute Gasteiger partial charge is 0.496 e. The third-order valence-electron chi connectivity index (χ3n) is 7.69. The molecule has 40 heavy (non-hydrogen) atoms. The standard InChI is InChI=1S/C31H31F3N2O4/c1-39-28-17-22(31(32,33)34)13-12-20(28)14-15-35-29(37)21-7-6-16-36(18-21)30(38)40-19-27-25-10-4-2-8-23(25)24-9-3-5-11-26(24)27/h2-5,8-13,17,21,27H,6-7,14-16,18-19H2,1H3,(H,35,37)/t21-/m1/s1. The monoisotopic (exact) mass is 552 g/mol. The number of nitrogens with zero attached hydrogens (tertiary/aromatic N) is 1. The van der Waals surface area contributed by atoms with E-state index in [9.17, 15) is 22.8 Å². The number of alkyl halides is 3. The summed E-state index contributed by atoms with van der Waals surface area (Å²) < 4.78 is 49.8. The van der Waals surface area contributed by atoms with Gasteiger partial charge in [-0.1, -0.05) is 54.6 Å². The fourth-order valence-electron chi connectivity index (χ4n) is 5.63. The van der Waals surface area contributed by atoms with Crippen molar-refractivity contribution in [1.29, 1.82) is 0 Å². The lowest BCUT2D eigenvalue weighted by Gasteiger charge is -2.31. The fraction of sp³-hybridized carbons (Fsp3) is 0.355. The lowest BCUT2D eigenvalue weighted by atomic mass is 9.97. The topological polar surface area (TPSA) is 67.9 Å². The number of amides is 2. The van der Waals surface area contributed by atoms with E-state index in [1.165, 1.54) is 13.2 Å². The van der Waals surface area contributed by atoms with Crippen molar-refractivity contribution in [3.8, 4) is 16.9 Å². The van der Waals surface area contributed by atoms with Crippen molar-refractivity contribution in [2.75, 3.05) is 33.4 Å². The molecular formula is C31H31F3N2O4. The summed E-state index contributed by atoms with van der Waals surface area (Å²) in [6.07, 6.45) is -3.26. The van der Waals surface area contributed by atoms with Gasteiger partial charge in [0.25, 0.3) is 0 Å². The lowest BCUT2D eigenvalue weighted by molar-refractivity contribution is -0.137. The minimum absolute atomic E-state index is 0.0394. The molecule has 210 valence electrons. The molecule has 9 heteroatoms. The van der Waals surface area contributed by atoms with Gasteiger partial charge >= 0.3 is 12.3 Å². The zero-order valence-corrected chi connectivity index (χ0v) is 22.2. The second-order valence-corrected chi connectivity index (χ2v) is 10.2. The SMILES string of the molecule is COc1cc(C(F)(F)F)ccc1CCNC(=O)[C@@H]1CCCN(C(=O)OCC2c3ccccc3-c3ccccc32)C1. The first kappa shape index (κ1) is 27.6. The average molecular weight is 553 g/mol. The van der Waals surface area contributed by atoms with Crippen LogP contribution in [-0.2, 0) is 22.1 Å². The van der Waals surface area contributed by atoms with Gasteiger partial charge in [-0.2, -0.15) is 13.2 Å². The number of carbonyl (C=O) groups excluding carboxylic acids is 2. The summed E-state index contributed by atoms with van der Waals surface area (Å²) in [7, 11) is 1.32. The van der Waals surface area contributed by atoms with Gasteiger partial charge in [0.1, 0.15) is 12.4 Å². The second-order valence-electron chi connectivity index (χ2n) is 10.2. The van der Waals surface area contributed by atoms with Crippen molar-refractivity contribution in [3.63, 3.8) is 0 Å². The Morgan fingerprint density at radius 2 is 1.68 bits per heavy atom. The van der Waals surface area contributed by atoms with Gasteiger partial charge < -0.3 is 19.7 Å². The number of benzene rings is 3. The number of fused-ring (bicyclic) bond motifs is 3. The third kappa shape index (κ3) is 5.78. The van der Waals surface area contributed by atoms with Crippen LogP contribution in [0.5, 0.6) is 5.75 Å². The predicted molar refractivity (Wildman–Crippen MR) is 144 cm³/mol. The van der Waals surface area contributed by atoms with Gasteiger partial charge in [0, 0.05) is 25.6 Å². The molecule has 5 rings (SSSR count). The van der Waals surface area contributed by atoms with Gasteiger partial charge in [-0.3, -0.25) is 4.79 Å². The van der Waals surface area contributed by atoms with Crippen LogP contribution in [0.2, 0.25) is 0 Å². The number of hydrogen-bond donors (Lipinski definition) is 1. The summed E-state index contributed by atoms with van der Waals surface area (Å²) in [6, 6.07) is 19.6. The summed E-state index contributed by atoms with van der Waals surface area (Å²) in [5, 5.41) is 2.86. The highest BCUT2D eigenvalue weighted by molar-refractivity contribution is 5.80. The molecule has 3 aromatic rings. The number of rotatable bonds is 7. The molecule has 1 atom stereocenters. The average Bonchev–Trinajstić information content (AvgIpc) is 3.29. The summed E-state index contributed by atoms with van der Waals surface area (Å²) in [5.74, 6) is -0.489. The zero-order chi connectivity index (χ0) is 28.3. The van der Waals surface area contributed by atoms with Gasteiger partial charge in [-0.25, -0.2) is 4.79 Å². The van der Waals surface area contributed by atoms with Gasteiger partial charge in [0.05, 0.1) is 18.6 Å². The number of halogens is 3. The molecule has 0 aromatic heterocycles. The Hall–Kier alpha value is -4.01. The number of methoxy groups -OCH3 is 1. The van der Waals surface area contributed by atoms with E-state index >= 15 is 0 Å². The Kier molecular flexibility index (Phi) is 8.00. The molecule has 2 amide bonds. The zero-order valence-electron chi connectivity index (χ0n) is 22.2. The van der Waals surface area contributed by atoms with Crippen LogP contribution in [-0.4, -0.2) is 50.3 Å². The fourth-order valence-corrected chi connectivity index (χ4v) is 5.63. The molecule has 0 bridgehead atoms. The molecule has 1 heterocycles.